The number of nitrogens with one attached hydrogen (secondary N) is 2. The first-order chi connectivity index (χ1) is 9.20. The number of amides is 2. The molecule has 0 saturated carbocycles. The van der Waals surface area contributed by atoms with E-state index in [1.807, 2.05) is 0 Å². The van der Waals surface area contributed by atoms with Gasteiger partial charge in [-0.1, -0.05) is 0 Å². The zero-order valence-electron chi connectivity index (χ0n) is 12.2. The largest absolute Gasteiger partial charge is 0.444 e. The zero-order chi connectivity index (χ0) is 15.0. The van der Waals surface area contributed by atoms with E-state index < -0.39 is 23.1 Å². The predicted octanol–water partition coefficient (Wildman–Crippen LogP) is -0.114. The van der Waals surface area contributed by atoms with Gasteiger partial charge in [0, 0.05) is 12.1 Å². The molecule has 0 aromatic heterocycles. The molecule has 2 rings (SSSR count). The van der Waals surface area contributed by atoms with Crippen molar-refractivity contribution in [2.45, 2.75) is 56.8 Å². The molecule has 0 aliphatic carbocycles. The Morgan fingerprint density at radius 3 is 2.30 bits per heavy atom. The van der Waals surface area contributed by atoms with Crippen molar-refractivity contribution in [2.24, 2.45) is 5.73 Å². The number of piperidine rings is 1. The minimum atomic E-state index is -1.06. The molecule has 4 N–H and O–H groups in total. The van der Waals surface area contributed by atoms with Gasteiger partial charge in [-0.3, -0.25) is 4.79 Å². The second-order valence-corrected chi connectivity index (χ2v) is 6.58. The Labute approximate surface area is 118 Å². The highest BCUT2D eigenvalue weighted by molar-refractivity contribution is 5.89. The Morgan fingerprint density at radius 2 is 1.85 bits per heavy atom. The van der Waals surface area contributed by atoms with Crippen molar-refractivity contribution in [1.29, 1.82) is 0 Å². The molecular weight excluding hydrogens is 262 g/mol. The smallest absolute Gasteiger partial charge is 0.408 e. The topological polar surface area (TPSA) is 103 Å². The van der Waals surface area contributed by atoms with Crippen LogP contribution in [0, 0.1) is 0 Å². The number of ether oxygens (including phenoxy) is 2. The highest BCUT2D eigenvalue weighted by atomic mass is 16.6. The Kier molecular flexibility index (Phi) is 3.93. The van der Waals surface area contributed by atoms with E-state index in [1.54, 1.807) is 20.8 Å². The van der Waals surface area contributed by atoms with Crippen molar-refractivity contribution < 1.29 is 19.1 Å². The lowest BCUT2D eigenvalue weighted by molar-refractivity contribution is -0.128. The first-order valence-corrected chi connectivity index (χ1v) is 6.85. The van der Waals surface area contributed by atoms with E-state index in [0.717, 1.165) is 0 Å². The predicted molar refractivity (Wildman–Crippen MR) is 72.1 cm³/mol. The maximum atomic E-state index is 12.0. The van der Waals surface area contributed by atoms with Crippen molar-refractivity contribution in [3.63, 3.8) is 0 Å². The summed E-state index contributed by atoms with van der Waals surface area (Å²) in [6, 6.07) is 0.0369. The maximum Gasteiger partial charge on any atom is 0.408 e. The monoisotopic (exact) mass is 285 g/mol. The van der Waals surface area contributed by atoms with E-state index in [9.17, 15) is 9.59 Å². The maximum absolute atomic E-state index is 12.0. The summed E-state index contributed by atoms with van der Waals surface area (Å²) in [5.74, 6) is -0.526. The molecule has 2 bridgehead atoms. The molecule has 7 nitrogen and oxygen atoms in total. The zero-order valence-corrected chi connectivity index (χ0v) is 12.2. The second kappa shape index (κ2) is 5.21. The molecule has 2 saturated heterocycles. The molecule has 2 fully saturated rings. The number of hydrogen-bond acceptors (Lipinski definition) is 5. The Hall–Kier alpha value is -1.34. The standard InChI is InChI=1S/C13H23N3O4/c1-12(2,3)20-11(18)16-13(10(14)17)4-8-6-19-7-9(5-13)15-8/h8-9,15H,4-7H2,1-3H3,(H2,14,17)(H,16,18). The molecule has 2 heterocycles. The van der Waals surface area contributed by atoms with Crippen LogP contribution in [0.15, 0.2) is 0 Å². The van der Waals surface area contributed by atoms with Gasteiger partial charge in [0.15, 0.2) is 0 Å². The Bertz CT molecular complexity index is 393. The first kappa shape index (κ1) is 15.1. The molecule has 114 valence electrons. The average molecular weight is 285 g/mol. The van der Waals surface area contributed by atoms with Crippen molar-refractivity contribution in [2.75, 3.05) is 13.2 Å². The van der Waals surface area contributed by atoms with Gasteiger partial charge in [0.05, 0.1) is 13.2 Å². The first-order valence-electron chi connectivity index (χ1n) is 6.85. The van der Waals surface area contributed by atoms with Gasteiger partial charge in [0.1, 0.15) is 11.1 Å². The minimum absolute atomic E-state index is 0.0185. The Morgan fingerprint density at radius 1 is 1.30 bits per heavy atom. The fourth-order valence-corrected chi connectivity index (χ4v) is 2.81. The quantitative estimate of drug-likeness (QED) is 0.656. The summed E-state index contributed by atoms with van der Waals surface area (Å²) in [7, 11) is 0. The average Bonchev–Trinajstić information content (AvgIpc) is 2.25. The van der Waals surface area contributed by atoms with Gasteiger partial charge in [0.25, 0.3) is 0 Å². The molecule has 2 aliphatic heterocycles. The third-order valence-electron chi connectivity index (χ3n) is 3.51. The van der Waals surface area contributed by atoms with Gasteiger partial charge in [-0.25, -0.2) is 4.79 Å². The van der Waals surface area contributed by atoms with Crippen LogP contribution in [-0.2, 0) is 14.3 Å². The summed E-state index contributed by atoms with van der Waals surface area (Å²) in [6.07, 6.45) is 0.216. The van der Waals surface area contributed by atoms with Crippen LogP contribution in [0.1, 0.15) is 33.6 Å². The third-order valence-corrected chi connectivity index (χ3v) is 3.51. The van der Waals surface area contributed by atoms with Crippen molar-refractivity contribution in [3.8, 4) is 0 Å². The minimum Gasteiger partial charge on any atom is -0.444 e. The van der Waals surface area contributed by atoms with Crippen LogP contribution in [0.5, 0.6) is 0 Å². The number of alkyl carbamates (subject to hydrolysis) is 1. The number of rotatable bonds is 2. The number of nitrogens with two attached hydrogens (primary N) is 1. The van der Waals surface area contributed by atoms with Crippen molar-refractivity contribution in [1.82, 2.24) is 10.6 Å². The van der Waals surface area contributed by atoms with Crippen LogP contribution in [-0.4, -0.2) is 48.4 Å². The fraction of sp³-hybridized carbons (Fsp3) is 0.846. The van der Waals surface area contributed by atoms with Gasteiger partial charge in [-0.15, -0.1) is 0 Å². The van der Waals surface area contributed by atoms with Gasteiger partial charge < -0.3 is 25.8 Å². The molecule has 0 aromatic rings. The molecule has 20 heavy (non-hydrogen) atoms. The SMILES string of the molecule is CC(C)(C)OC(=O)NC1(C(N)=O)CC2COCC(C1)N2. The van der Waals surface area contributed by atoms with Gasteiger partial charge >= 0.3 is 6.09 Å². The second-order valence-electron chi connectivity index (χ2n) is 6.58. The summed E-state index contributed by atoms with van der Waals surface area (Å²) in [5, 5.41) is 6.04. The fourth-order valence-electron chi connectivity index (χ4n) is 2.81. The lowest BCUT2D eigenvalue weighted by Crippen LogP contribution is -2.69. The summed E-state index contributed by atoms with van der Waals surface area (Å²) >= 11 is 0. The molecular formula is C13H23N3O4. The number of morpholine rings is 1. The molecule has 7 heteroatoms. The van der Waals surface area contributed by atoms with E-state index in [0.29, 0.717) is 26.1 Å². The van der Waals surface area contributed by atoms with E-state index in [2.05, 4.69) is 10.6 Å². The highest BCUT2D eigenvalue weighted by Gasteiger charge is 2.48. The van der Waals surface area contributed by atoms with E-state index in [-0.39, 0.29) is 12.1 Å². The normalized spacial score (nSPS) is 33.4. The number of carbonyl (C=O) groups excluding carboxylic acids is 2. The molecule has 2 amide bonds. The van der Waals surface area contributed by atoms with E-state index >= 15 is 0 Å². The van der Waals surface area contributed by atoms with Crippen LogP contribution in [0.3, 0.4) is 0 Å². The summed E-state index contributed by atoms with van der Waals surface area (Å²) in [4.78, 5) is 23.9. The molecule has 0 radical (unpaired) electrons. The summed E-state index contributed by atoms with van der Waals surface area (Å²) in [5.41, 5.74) is 3.86. The number of carbonyl (C=O) groups is 2. The van der Waals surface area contributed by atoms with Gasteiger partial charge in [0.2, 0.25) is 5.91 Å². The van der Waals surface area contributed by atoms with E-state index in [4.69, 9.17) is 15.2 Å². The summed E-state index contributed by atoms with van der Waals surface area (Å²) < 4.78 is 10.7. The van der Waals surface area contributed by atoms with Crippen LogP contribution < -0.4 is 16.4 Å². The number of hydrogen-bond donors (Lipinski definition) is 3. The van der Waals surface area contributed by atoms with Gasteiger partial charge in [-0.05, 0) is 33.6 Å². The van der Waals surface area contributed by atoms with Gasteiger partial charge in [-0.2, -0.15) is 0 Å². The lowest BCUT2D eigenvalue weighted by Gasteiger charge is -2.46. The van der Waals surface area contributed by atoms with Crippen LogP contribution >= 0.6 is 0 Å². The number of primary amides is 1. The molecule has 2 unspecified atom stereocenters. The molecule has 2 atom stereocenters. The van der Waals surface area contributed by atoms with Crippen molar-refractivity contribution >= 4 is 12.0 Å². The lowest BCUT2D eigenvalue weighted by atomic mass is 9.79. The Balaban J connectivity index is 2.10. The summed E-state index contributed by atoms with van der Waals surface area (Å²) in [6.45, 7) is 6.35. The molecule has 2 aliphatic rings. The van der Waals surface area contributed by atoms with Crippen LogP contribution in [0.4, 0.5) is 4.79 Å². The molecule has 0 aromatic carbocycles. The van der Waals surface area contributed by atoms with Crippen LogP contribution in [0.25, 0.3) is 0 Å². The van der Waals surface area contributed by atoms with E-state index in [1.165, 1.54) is 0 Å². The third kappa shape index (κ3) is 3.40. The highest BCUT2D eigenvalue weighted by Crippen LogP contribution is 2.28. The van der Waals surface area contributed by atoms with Crippen molar-refractivity contribution in [3.05, 3.63) is 0 Å². The van der Waals surface area contributed by atoms with Crippen LogP contribution in [0.2, 0.25) is 0 Å². The molecule has 0 spiro atoms. The number of fused-ring (bicyclic) bond motifs is 2.